The average Bonchev–Trinajstić information content (AvgIpc) is 2.95. The van der Waals surface area contributed by atoms with E-state index in [9.17, 15) is 4.57 Å². The first kappa shape index (κ1) is 26.0. The molecule has 0 aliphatic carbocycles. The van der Waals surface area contributed by atoms with Crippen molar-refractivity contribution in [1.82, 2.24) is 0 Å². The lowest BCUT2D eigenvalue weighted by atomic mass is 10.2. The van der Waals surface area contributed by atoms with Gasteiger partial charge in [0, 0.05) is 0 Å². The minimum atomic E-state index is -3.60. The highest BCUT2D eigenvalue weighted by Gasteiger charge is 2.31. The largest absolute Gasteiger partial charge is 0.347 e. The maximum Gasteiger partial charge on any atom is 0.336 e. The Morgan fingerprint density at radius 3 is 1.11 bits per heavy atom. The molecule has 6 heteroatoms. The summed E-state index contributed by atoms with van der Waals surface area (Å²) in [5, 5.41) is 0. The van der Waals surface area contributed by atoms with Crippen molar-refractivity contribution in [3.63, 3.8) is 0 Å². The van der Waals surface area contributed by atoms with Crippen LogP contribution >= 0.6 is 7.60 Å². The van der Waals surface area contributed by atoms with E-state index in [4.69, 9.17) is 18.5 Å². The Bertz CT molecular complexity index is 1100. The van der Waals surface area contributed by atoms with Crippen molar-refractivity contribution in [2.24, 2.45) is 0 Å². The fourth-order valence-electron chi connectivity index (χ4n) is 3.50. The maximum atomic E-state index is 14.0. The quantitative estimate of drug-likeness (QED) is 0.133. The van der Waals surface area contributed by atoms with Crippen LogP contribution in [0.1, 0.15) is 22.3 Å². The molecular weight excluding hydrogens is 471 g/mol. The molecule has 5 nitrogen and oxygen atoms in total. The van der Waals surface area contributed by atoms with Crippen LogP contribution in [0.4, 0.5) is 0 Å². The van der Waals surface area contributed by atoms with Crippen molar-refractivity contribution in [2.45, 2.75) is 32.7 Å². The van der Waals surface area contributed by atoms with E-state index in [2.05, 4.69) is 0 Å². The van der Waals surface area contributed by atoms with E-state index in [0.717, 1.165) is 22.3 Å². The van der Waals surface area contributed by atoms with Gasteiger partial charge in [-0.05, 0) is 22.3 Å². The molecule has 0 fully saturated rings. The summed E-state index contributed by atoms with van der Waals surface area (Å²) in [6, 6.07) is 38.9. The monoisotopic (exact) mass is 502 g/mol. The molecule has 0 aliphatic heterocycles. The Hall–Kier alpha value is -3.05. The zero-order valence-corrected chi connectivity index (χ0v) is 21.0. The molecular formula is C30H31O5P. The van der Waals surface area contributed by atoms with Gasteiger partial charge in [-0.2, -0.15) is 0 Å². The van der Waals surface area contributed by atoms with Crippen LogP contribution in [-0.2, 0) is 49.5 Å². The van der Waals surface area contributed by atoms with Gasteiger partial charge < -0.3 is 18.5 Å². The van der Waals surface area contributed by atoms with Gasteiger partial charge in [-0.3, -0.25) is 4.57 Å². The SMILES string of the molecule is O=P(CC(OCc1ccccc1)OCc1ccccc1)(OCc1ccccc1)OCc1ccccc1. The van der Waals surface area contributed by atoms with E-state index < -0.39 is 13.9 Å². The minimum absolute atomic E-state index is 0.0354. The van der Waals surface area contributed by atoms with Gasteiger partial charge in [0.1, 0.15) is 6.16 Å². The zero-order valence-electron chi connectivity index (χ0n) is 20.1. The van der Waals surface area contributed by atoms with Crippen LogP contribution in [0, 0.1) is 0 Å². The maximum absolute atomic E-state index is 14.0. The smallest absolute Gasteiger partial charge is 0.336 e. The molecule has 0 N–H and O–H groups in total. The number of hydrogen-bond donors (Lipinski definition) is 0. The summed E-state index contributed by atoms with van der Waals surface area (Å²) in [4.78, 5) is 0. The molecule has 0 radical (unpaired) electrons. The highest BCUT2D eigenvalue weighted by atomic mass is 31.2. The van der Waals surface area contributed by atoms with Crippen LogP contribution in [-0.4, -0.2) is 12.5 Å². The molecule has 4 aromatic carbocycles. The lowest BCUT2D eigenvalue weighted by Crippen LogP contribution is -2.23. The van der Waals surface area contributed by atoms with Gasteiger partial charge in [-0.15, -0.1) is 0 Å². The average molecular weight is 503 g/mol. The summed E-state index contributed by atoms with van der Waals surface area (Å²) in [6.07, 6.45) is -0.824. The van der Waals surface area contributed by atoms with Gasteiger partial charge in [-0.25, -0.2) is 0 Å². The van der Waals surface area contributed by atoms with Crippen molar-refractivity contribution in [2.75, 3.05) is 6.16 Å². The predicted octanol–water partition coefficient (Wildman–Crippen LogP) is 7.37. The Balaban J connectivity index is 1.48. The Kier molecular flexibility index (Phi) is 10.0. The molecule has 0 aromatic heterocycles. The molecule has 0 bridgehead atoms. The van der Waals surface area contributed by atoms with Crippen LogP contribution in [0.25, 0.3) is 0 Å². The number of rotatable bonds is 14. The Morgan fingerprint density at radius 2 is 0.778 bits per heavy atom. The van der Waals surface area contributed by atoms with Crippen molar-refractivity contribution in [1.29, 1.82) is 0 Å². The Morgan fingerprint density at radius 1 is 0.472 bits per heavy atom. The number of hydrogen-bond acceptors (Lipinski definition) is 5. The van der Waals surface area contributed by atoms with Gasteiger partial charge in [0.25, 0.3) is 0 Å². The normalized spacial score (nSPS) is 11.6. The second kappa shape index (κ2) is 13.9. The first-order chi connectivity index (χ1) is 17.7. The molecule has 0 unspecified atom stereocenters. The van der Waals surface area contributed by atoms with Gasteiger partial charge >= 0.3 is 7.60 Å². The van der Waals surface area contributed by atoms with E-state index in [0.29, 0.717) is 13.2 Å². The molecule has 0 atom stereocenters. The van der Waals surface area contributed by atoms with E-state index in [1.54, 1.807) is 0 Å². The molecule has 0 amide bonds. The molecule has 36 heavy (non-hydrogen) atoms. The van der Waals surface area contributed by atoms with Crippen molar-refractivity contribution < 1.29 is 23.1 Å². The molecule has 0 spiro atoms. The summed E-state index contributed by atoms with van der Waals surface area (Å²) >= 11 is 0. The summed E-state index contributed by atoms with van der Waals surface area (Å²) < 4.78 is 38.1. The highest BCUT2D eigenvalue weighted by Crippen LogP contribution is 2.51. The molecule has 4 aromatic rings. The van der Waals surface area contributed by atoms with Gasteiger partial charge in [0.2, 0.25) is 0 Å². The van der Waals surface area contributed by atoms with Crippen LogP contribution in [0.15, 0.2) is 121 Å². The Labute approximate surface area is 213 Å². The van der Waals surface area contributed by atoms with Gasteiger partial charge in [0.15, 0.2) is 6.29 Å². The van der Waals surface area contributed by atoms with Crippen LogP contribution in [0.5, 0.6) is 0 Å². The second-order valence-electron chi connectivity index (χ2n) is 8.33. The third kappa shape index (κ3) is 8.87. The van der Waals surface area contributed by atoms with Gasteiger partial charge in [0.05, 0.1) is 26.4 Å². The summed E-state index contributed by atoms with van der Waals surface area (Å²) in [6.45, 7) is 0.962. The van der Waals surface area contributed by atoms with Gasteiger partial charge in [-0.1, -0.05) is 121 Å². The fourth-order valence-corrected chi connectivity index (χ4v) is 5.05. The van der Waals surface area contributed by atoms with Crippen LogP contribution in [0.2, 0.25) is 0 Å². The second-order valence-corrected chi connectivity index (χ2v) is 10.4. The van der Waals surface area contributed by atoms with Crippen molar-refractivity contribution >= 4 is 7.60 Å². The van der Waals surface area contributed by atoms with Crippen molar-refractivity contribution in [3.05, 3.63) is 144 Å². The van der Waals surface area contributed by atoms with E-state index in [1.165, 1.54) is 0 Å². The molecule has 0 aliphatic rings. The molecule has 0 saturated carbocycles. The number of ether oxygens (including phenoxy) is 2. The minimum Gasteiger partial charge on any atom is -0.347 e. The predicted molar refractivity (Wildman–Crippen MR) is 141 cm³/mol. The molecule has 4 rings (SSSR count). The zero-order chi connectivity index (χ0) is 24.9. The van der Waals surface area contributed by atoms with Crippen LogP contribution < -0.4 is 0 Å². The lowest BCUT2D eigenvalue weighted by molar-refractivity contribution is -0.144. The first-order valence-electron chi connectivity index (χ1n) is 12.0. The highest BCUT2D eigenvalue weighted by molar-refractivity contribution is 7.53. The molecule has 0 heterocycles. The van der Waals surface area contributed by atoms with E-state index >= 15 is 0 Å². The van der Waals surface area contributed by atoms with E-state index in [-0.39, 0.29) is 19.4 Å². The van der Waals surface area contributed by atoms with Crippen LogP contribution in [0.3, 0.4) is 0 Å². The third-order valence-electron chi connectivity index (χ3n) is 5.47. The lowest BCUT2D eigenvalue weighted by Gasteiger charge is -2.25. The third-order valence-corrected chi connectivity index (χ3v) is 7.26. The standard InChI is InChI=1S/C30H31O5P/c31-36(34-23-28-17-9-3-10-18-28,35-24-29-19-11-4-12-20-29)25-30(32-21-26-13-5-1-6-14-26)33-22-27-15-7-2-8-16-27/h1-20,30H,21-25H2. The topological polar surface area (TPSA) is 54.0 Å². The molecule has 0 saturated heterocycles. The summed E-state index contributed by atoms with van der Waals surface area (Å²) in [5.74, 6) is 0. The fraction of sp³-hybridized carbons (Fsp3) is 0.200. The summed E-state index contributed by atoms with van der Waals surface area (Å²) in [7, 11) is -3.60. The van der Waals surface area contributed by atoms with E-state index in [1.807, 2.05) is 121 Å². The van der Waals surface area contributed by atoms with Crippen molar-refractivity contribution in [3.8, 4) is 0 Å². The first-order valence-corrected chi connectivity index (χ1v) is 13.7. The summed E-state index contributed by atoms with van der Waals surface area (Å²) in [5.41, 5.74) is 3.81. The number of benzene rings is 4. The molecule has 186 valence electrons.